The average Bonchev–Trinajstić information content (AvgIpc) is 2.61. The van der Waals surface area contributed by atoms with Crippen molar-refractivity contribution in [1.29, 1.82) is 0 Å². The van der Waals surface area contributed by atoms with Crippen LogP contribution >= 0.6 is 23.4 Å². The highest BCUT2D eigenvalue weighted by molar-refractivity contribution is 7.98. The Balaban J connectivity index is 1.72. The zero-order valence-electron chi connectivity index (χ0n) is 15.5. The van der Waals surface area contributed by atoms with Gasteiger partial charge in [-0.3, -0.25) is 4.79 Å². The molecule has 0 aliphatic heterocycles. The second kappa shape index (κ2) is 10.5. The van der Waals surface area contributed by atoms with E-state index in [4.69, 9.17) is 16.3 Å². The highest BCUT2D eigenvalue weighted by Gasteiger charge is 2.16. The summed E-state index contributed by atoms with van der Waals surface area (Å²) in [7, 11) is 0. The first-order chi connectivity index (χ1) is 12.5. The number of hydrogen-bond donors (Lipinski definition) is 1. The van der Waals surface area contributed by atoms with Crippen molar-refractivity contribution in [2.75, 3.05) is 12.3 Å². The summed E-state index contributed by atoms with van der Waals surface area (Å²) in [4.78, 5) is 12.2. The van der Waals surface area contributed by atoms with Crippen molar-refractivity contribution in [3.05, 3.63) is 64.7 Å². The molecule has 1 amide bonds. The molecule has 0 aliphatic rings. The van der Waals surface area contributed by atoms with Crippen molar-refractivity contribution in [2.45, 2.75) is 38.5 Å². The fourth-order valence-electron chi connectivity index (χ4n) is 2.52. The molecule has 1 N–H and O–H groups in total. The van der Waals surface area contributed by atoms with Crippen LogP contribution in [0.3, 0.4) is 0 Å². The lowest BCUT2D eigenvalue weighted by Gasteiger charge is -2.18. The van der Waals surface area contributed by atoms with Gasteiger partial charge in [0.15, 0.2) is 6.10 Å². The second-order valence-corrected chi connectivity index (χ2v) is 7.97. The average molecular weight is 392 g/mol. The summed E-state index contributed by atoms with van der Waals surface area (Å²) in [5.41, 5.74) is 2.31. The van der Waals surface area contributed by atoms with E-state index >= 15 is 0 Å². The fourth-order valence-corrected chi connectivity index (χ4v) is 3.53. The van der Waals surface area contributed by atoms with Crippen LogP contribution in [0.1, 0.15) is 37.8 Å². The Kier molecular flexibility index (Phi) is 8.33. The number of benzene rings is 2. The molecule has 0 fully saturated rings. The van der Waals surface area contributed by atoms with E-state index in [1.807, 2.05) is 42.5 Å². The first-order valence-electron chi connectivity index (χ1n) is 8.83. The van der Waals surface area contributed by atoms with Gasteiger partial charge in [0.05, 0.1) is 0 Å². The SMILES string of the molecule is CC(Oc1ccccc1C(C)C)C(=O)NCCSCc1cccc(Cl)c1. The largest absolute Gasteiger partial charge is 0.481 e. The van der Waals surface area contributed by atoms with Crippen LogP contribution in [-0.4, -0.2) is 24.3 Å². The molecule has 2 rings (SSSR count). The topological polar surface area (TPSA) is 38.3 Å². The number of ether oxygens (including phenoxy) is 1. The highest BCUT2D eigenvalue weighted by atomic mass is 35.5. The minimum absolute atomic E-state index is 0.0908. The molecular weight excluding hydrogens is 366 g/mol. The van der Waals surface area contributed by atoms with Crippen LogP contribution in [0.15, 0.2) is 48.5 Å². The predicted octanol–water partition coefficient (Wildman–Crippen LogP) is 5.28. The summed E-state index contributed by atoms with van der Waals surface area (Å²) in [6.45, 7) is 6.63. The van der Waals surface area contributed by atoms with E-state index in [-0.39, 0.29) is 5.91 Å². The van der Waals surface area contributed by atoms with Crippen LogP contribution in [0.4, 0.5) is 0 Å². The molecule has 0 aliphatic carbocycles. The number of halogens is 1. The van der Waals surface area contributed by atoms with Crippen LogP contribution in [0, 0.1) is 0 Å². The Bertz CT molecular complexity index is 721. The molecule has 1 atom stereocenters. The molecule has 5 heteroatoms. The quantitative estimate of drug-likeness (QED) is 0.591. The lowest BCUT2D eigenvalue weighted by Crippen LogP contribution is -2.37. The molecule has 3 nitrogen and oxygen atoms in total. The van der Waals surface area contributed by atoms with Crippen molar-refractivity contribution >= 4 is 29.3 Å². The number of carbonyl (C=O) groups excluding carboxylic acids is 1. The van der Waals surface area contributed by atoms with Crippen molar-refractivity contribution < 1.29 is 9.53 Å². The smallest absolute Gasteiger partial charge is 0.260 e. The summed E-state index contributed by atoms with van der Waals surface area (Å²) in [5.74, 6) is 2.76. The van der Waals surface area contributed by atoms with Gasteiger partial charge in [-0.15, -0.1) is 0 Å². The number of amides is 1. The molecular formula is C21H26ClNO2S. The second-order valence-electron chi connectivity index (χ2n) is 6.43. The van der Waals surface area contributed by atoms with Crippen LogP contribution < -0.4 is 10.1 Å². The Morgan fingerprint density at radius 1 is 1.15 bits per heavy atom. The van der Waals surface area contributed by atoms with Crippen molar-refractivity contribution in [3.8, 4) is 5.75 Å². The van der Waals surface area contributed by atoms with Gasteiger partial charge in [-0.25, -0.2) is 0 Å². The molecule has 0 saturated carbocycles. The molecule has 0 radical (unpaired) electrons. The Labute approximate surface area is 165 Å². The van der Waals surface area contributed by atoms with Crippen molar-refractivity contribution in [1.82, 2.24) is 5.32 Å². The van der Waals surface area contributed by atoms with E-state index in [1.165, 1.54) is 5.56 Å². The molecule has 26 heavy (non-hydrogen) atoms. The molecule has 0 bridgehead atoms. The van der Waals surface area contributed by atoms with Gasteiger partial charge >= 0.3 is 0 Å². The van der Waals surface area contributed by atoms with Gasteiger partial charge in [-0.2, -0.15) is 11.8 Å². The lowest BCUT2D eigenvalue weighted by atomic mass is 10.0. The normalized spacial score (nSPS) is 12.0. The van der Waals surface area contributed by atoms with Gasteiger partial charge in [0.1, 0.15) is 5.75 Å². The zero-order chi connectivity index (χ0) is 18.9. The number of thioether (sulfide) groups is 1. The highest BCUT2D eigenvalue weighted by Crippen LogP contribution is 2.26. The van der Waals surface area contributed by atoms with E-state index in [0.29, 0.717) is 12.5 Å². The standard InChI is InChI=1S/C21H26ClNO2S/c1-15(2)19-9-4-5-10-20(19)25-16(3)21(24)23-11-12-26-14-17-7-6-8-18(22)13-17/h4-10,13,15-16H,11-12,14H2,1-3H3,(H,23,24). The molecule has 0 heterocycles. The fraction of sp³-hybridized carbons (Fsp3) is 0.381. The molecule has 140 valence electrons. The van der Waals surface area contributed by atoms with Crippen LogP contribution in [0.2, 0.25) is 5.02 Å². The monoisotopic (exact) mass is 391 g/mol. The minimum atomic E-state index is -0.521. The van der Waals surface area contributed by atoms with Gasteiger partial charge in [-0.05, 0) is 42.2 Å². The summed E-state index contributed by atoms with van der Waals surface area (Å²) in [5, 5.41) is 3.69. The van der Waals surface area contributed by atoms with Crippen LogP contribution in [-0.2, 0) is 10.5 Å². The summed E-state index contributed by atoms with van der Waals surface area (Å²) in [6.07, 6.45) is -0.521. The Morgan fingerprint density at radius 2 is 1.92 bits per heavy atom. The van der Waals surface area contributed by atoms with E-state index in [0.717, 1.165) is 27.8 Å². The summed E-state index contributed by atoms with van der Waals surface area (Å²) in [6, 6.07) is 15.7. The maximum Gasteiger partial charge on any atom is 0.260 e. The number of para-hydroxylation sites is 1. The third-order valence-corrected chi connectivity index (χ3v) is 5.18. The Morgan fingerprint density at radius 3 is 2.65 bits per heavy atom. The summed E-state index contributed by atoms with van der Waals surface area (Å²) >= 11 is 7.74. The van der Waals surface area contributed by atoms with Gasteiger partial charge in [0.25, 0.3) is 5.91 Å². The molecule has 0 aromatic heterocycles. The van der Waals surface area contributed by atoms with Gasteiger partial charge in [0, 0.05) is 23.1 Å². The van der Waals surface area contributed by atoms with E-state index in [1.54, 1.807) is 18.7 Å². The van der Waals surface area contributed by atoms with Crippen LogP contribution in [0.5, 0.6) is 5.75 Å². The minimum Gasteiger partial charge on any atom is -0.481 e. The maximum atomic E-state index is 12.2. The molecule has 2 aromatic carbocycles. The molecule has 0 spiro atoms. The summed E-state index contributed by atoms with van der Waals surface area (Å²) < 4.78 is 5.87. The first kappa shape index (κ1) is 20.7. The third-order valence-electron chi connectivity index (χ3n) is 3.92. The molecule has 2 aromatic rings. The number of rotatable bonds is 9. The van der Waals surface area contributed by atoms with Crippen molar-refractivity contribution in [3.63, 3.8) is 0 Å². The lowest BCUT2D eigenvalue weighted by molar-refractivity contribution is -0.127. The van der Waals surface area contributed by atoms with Crippen molar-refractivity contribution in [2.24, 2.45) is 0 Å². The maximum absolute atomic E-state index is 12.2. The third kappa shape index (κ3) is 6.58. The van der Waals surface area contributed by atoms with Crippen LogP contribution in [0.25, 0.3) is 0 Å². The predicted molar refractivity (Wildman–Crippen MR) is 111 cm³/mol. The molecule has 1 unspecified atom stereocenters. The van der Waals surface area contributed by atoms with E-state index in [9.17, 15) is 4.79 Å². The number of nitrogens with one attached hydrogen (secondary N) is 1. The van der Waals surface area contributed by atoms with E-state index in [2.05, 4.69) is 25.2 Å². The molecule has 0 saturated heterocycles. The van der Waals surface area contributed by atoms with Gasteiger partial charge < -0.3 is 10.1 Å². The number of hydrogen-bond acceptors (Lipinski definition) is 3. The van der Waals surface area contributed by atoms with Gasteiger partial charge in [-0.1, -0.05) is 55.8 Å². The zero-order valence-corrected chi connectivity index (χ0v) is 17.1. The number of carbonyl (C=O) groups is 1. The first-order valence-corrected chi connectivity index (χ1v) is 10.4. The van der Waals surface area contributed by atoms with E-state index < -0.39 is 6.10 Å². The van der Waals surface area contributed by atoms with Gasteiger partial charge in [0.2, 0.25) is 0 Å². The Hall–Kier alpha value is -1.65.